The molecule has 1 nitrogen and oxygen atoms in total. The molecule has 2 heteroatoms. The molecule has 152 valence electrons. The number of benzene rings is 2. The molecule has 3 saturated carbocycles. The first-order valence-corrected chi connectivity index (χ1v) is 11.9. The van der Waals surface area contributed by atoms with Crippen LogP contribution >= 0.6 is 12.2 Å². The zero-order valence-electron chi connectivity index (χ0n) is 17.8. The molecule has 3 fully saturated rings. The third kappa shape index (κ3) is 4.39. The van der Waals surface area contributed by atoms with Crippen molar-refractivity contribution in [2.24, 2.45) is 10.4 Å². The van der Waals surface area contributed by atoms with Gasteiger partial charge in [0.05, 0.1) is 10.8 Å². The summed E-state index contributed by atoms with van der Waals surface area (Å²) in [7, 11) is 0. The van der Waals surface area contributed by atoms with E-state index in [1.807, 2.05) is 12.1 Å². The number of aliphatic imine (C=N–C) groups is 1. The van der Waals surface area contributed by atoms with Gasteiger partial charge in [0.15, 0.2) is 0 Å². The molecule has 3 aliphatic carbocycles. The lowest BCUT2D eigenvalue weighted by Crippen LogP contribution is -2.44. The van der Waals surface area contributed by atoms with Crippen molar-refractivity contribution in [1.29, 1.82) is 0 Å². The number of hydrogen-bond acceptors (Lipinski definition) is 2. The fraction of sp³-hybridized carbons (Fsp3) is 0.519. The Morgan fingerprint density at radius 2 is 1.38 bits per heavy atom. The summed E-state index contributed by atoms with van der Waals surface area (Å²) >= 11 is 4.68. The summed E-state index contributed by atoms with van der Waals surface area (Å²) in [4.78, 5) is 4.04. The second kappa shape index (κ2) is 8.94. The fourth-order valence-corrected chi connectivity index (χ4v) is 5.90. The van der Waals surface area contributed by atoms with Gasteiger partial charge >= 0.3 is 0 Å². The monoisotopic (exact) mass is 403 g/mol. The fourth-order valence-electron chi connectivity index (χ4n) is 5.80. The Labute approximate surface area is 181 Å². The van der Waals surface area contributed by atoms with Gasteiger partial charge in [0, 0.05) is 0 Å². The molecule has 0 aliphatic heterocycles. The third-order valence-electron chi connectivity index (χ3n) is 7.83. The van der Waals surface area contributed by atoms with E-state index >= 15 is 0 Å². The van der Waals surface area contributed by atoms with Gasteiger partial charge in [-0.2, -0.15) is 4.99 Å². The second-order valence-electron chi connectivity index (χ2n) is 9.42. The van der Waals surface area contributed by atoms with Crippen molar-refractivity contribution in [3.8, 4) is 11.1 Å². The highest BCUT2D eigenvalue weighted by atomic mass is 32.1. The molecule has 0 unspecified atom stereocenters. The van der Waals surface area contributed by atoms with Crippen LogP contribution in [0, 0.1) is 5.41 Å². The molecule has 2 aromatic carbocycles. The molecule has 0 saturated heterocycles. The molecular weight excluding hydrogens is 370 g/mol. The van der Waals surface area contributed by atoms with Gasteiger partial charge in [-0.25, -0.2) is 0 Å². The van der Waals surface area contributed by atoms with Crippen molar-refractivity contribution < 1.29 is 0 Å². The maximum atomic E-state index is 4.68. The molecule has 0 heterocycles. The minimum atomic E-state index is 0.446. The van der Waals surface area contributed by atoms with Gasteiger partial charge in [-0.15, -0.1) is 0 Å². The number of hydrogen-bond donors (Lipinski definition) is 0. The van der Waals surface area contributed by atoms with Crippen molar-refractivity contribution in [2.45, 2.75) is 83.0 Å². The molecule has 0 radical (unpaired) electrons. The molecule has 3 aliphatic rings. The molecule has 2 aromatic rings. The Bertz CT molecular complexity index is 834. The van der Waals surface area contributed by atoms with Gasteiger partial charge in [-0.1, -0.05) is 69.0 Å². The van der Waals surface area contributed by atoms with Gasteiger partial charge < -0.3 is 0 Å². The van der Waals surface area contributed by atoms with E-state index < -0.39 is 0 Å². The van der Waals surface area contributed by atoms with Crippen LogP contribution in [0.2, 0.25) is 0 Å². The maximum Gasteiger partial charge on any atom is 0.0739 e. The second-order valence-corrected chi connectivity index (χ2v) is 9.60. The summed E-state index contributed by atoms with van der Waals surface area (Å²) in [6.07, 6.45) is 15.6. The highest BCUT2D eigenvalue weighted by molar-refractivity contribution is 7.78. The zero-order valence-corrected chi connectivity index (χ0v) is 18.6. The first-order valence-electron chi connectivity index (χ1n) is 11.5. The Balaban J connectivity index is 1.42. The topological polar surface area (TPSA) is 12.4 Å². The first kappa shape index (κ1) is 20.5. The smallest absolute Gasteiger partial charge is 0.0739 e. The Kier molecular flexibility index (Phi) is 6.32. The molecule has 0 amide bonds. The van der Waals surface area contributed by atoms with Gasteiger partial charge in [-0.05, 0) is 96.8 Å². The average molecular weight is 404 g/mol. The van der Waals surface area contributed by atoms with Gasteiger partial charge in [-0.3, -0.25) is 0 Å². The van der Waals surface area contributed by atoms with Gasteiger partial charge in [0.1, 0.15) is 0 Å². The number of thiocarbonyl (C=S) groups is 1. The summed E-state index contributed by atoms with van der Waals surface area (Å²) in [5, 5.41) is 2.43. The van der Waals surface area contributed by atoms with Crippen LogP contribution in [0.1, 0.15) is 83.1 Å². The predicted octanol–water partition coefficient (Wildman–Crippen LogP) is 8.65. The van der Waals surface area contributed by atoms with Crippen molar-refractivity contribution in [2.75, 3.05) is 0 Å². The molecule has 29 heavy (non-hydrogen) atoms. The molecule has 5 rings (SSSR count). The molecule has 0 spiro atoms. The molecular formula is C27H33NS. The van der Waals surface area contributed by atoms with E-state index in [4.69, 9.17) is 0 Å². The predicted molar refractivity (Wildman–Crippen MR) is 127 cm³/mol. The van der Waals surface area contributed by atoms with Crippen molar-refractivity contribution >= 4 is 23.1 Å². The van der Waals surface area contributed by atoms with E-state index in [1.54, 1.807) is 5.56 Å². The van der Waals surface area contributed by atoms with Crippen LogP contribution in [-0.4, -0.2) is 5.16 Å². The van der Waals surface area contributed by atoms with Crippen molar-refractivity contribution in [3.63, 3.8) is 0 Å². The van der Waals surface area contributed by atoms with Crippen LogP contribution in [0.15, 0.2) is 53.5 Å². The maximum absolute atomic E-state index is 4.68. The van der Waals surface area contributed by atoms with E-state index in [-0.39, 0.29) is 0 Å². The normalized spacial score (nSPS) is 25.6. The molecule has 0 N–H and O–H groups in total. The lowest BCUT2D eigenvalue weighted by atomic mass is 9.51. The highest BCUT2D eigenvalue weighted by Crippen LogP contribution is 2.59. The molecule has 2 bridgehead atoms. The van der Waals surface area contributed by atoms with Crippen LogP contribution < -0.4 is 0 Å². The average Bonchev–Trinajstić information content (AvgIpc) is 2.79. The number of fused-ring (bicyclic) bond motifs is 3. The quantitative estimate of drug-likeness (QED) is 0.244. The van der Waals surface area contributed by atoms with Crippen molar-refractivity contribution in [1.82, 2.24) is 0 Å². The SMILES string of the molecule is CCCCCCC12CCC(c3ccc(-c4ccc(N=C=S)cc4)cc3)(CC1)CC2. The number of rotatable bonds is 8. The van der Waals surface area contributed by atoms with Crippen LogP contribution in [0.5, 0.6) is 0 Å². The van der Waals surface area contributed by atoms with E-state index in [0.29, 0.717) is 10.8 Å². The van der Waals surface area contributed by atoms with E-state index in [9.17, 15) is 0 Å². The summed E-state index contributed by atoms with van der Waals surface area (Å²) in [5.74, 6) is 0. The summed E-state index contributed by atoms with van der Waals surface area (Å²) in [6, 6.07) is 17.7. The zero-order chi connectivity index (χ0) is 20.2. The Morgan fingerprint density at radius 3 is 1.93 bits per heavy atom. The standard InChI is InChI=1S/C27H33NS/c1-2-3-4-5-14-26-15-18-27(19-16-26,20-17-26)24-10-6-22(7-11-24)23-8-12-25(13-9-23)28-21-29/h6-13H,2-5,14-20H2,1H3. The van der Waals surface area contributed by atoms with Crippen LogP contribution in [0.25, 0.3) is 11.1 Å². The minimum Gasteiger partial charge on any atom is -0.195 e. The van der Waals surface area contributed by atoms with E-state index in [0.717, 1.165) is 5.69 Å². The highest BCUT2D eigenvalue weighted by Gasteiger charge is 2.48. The largest absolute Gasteiger partial charge is 0.195 e. The lowest BCUT2D eigenvalue weighted by molar-refractivity contribution is 0.0305. The van der Waals surface area contributed by atoms with Crippen molar-refractivity contribution in [3.05, 3.63) is 54.1 Å². The summed E-state index contributed by atoms with van der Waals surface area (Å²) < 4.78 is 0. The van der Waals surface area contributed by atoms with Gasteiger partial charge in [0.25, 0.3) is 0 Å². The van der Waals surface area contributed by atoms with Crippen LogP contribution in [0.4, 0.5) is 5.69 Å². The summed E-state index contributed by atoms with van der Waals surface area (Å²) in [5.41, 5.74) is 6.07. The van der Waals surface area contributed by atoms with Crippen LogP contribution in [-0.2, 0) is 5.41 Å². The Morgan fingerprint density at radius 1 is 0.793 bits per heavy atom. The van der Waals surface area contributed by atoms with E-state index in [1.165, 1.54) is 81.8 Å². The van der Waals surface area contributed by atoms with Crippen LogP contribution in [0.3, 0.4) is 0 Å². The summed E-state index contributed by atoms with van der Waals surface area (Å²) in [6.45, 7) is 2.31. The molecule has 0 aromatic heterocycles. The first-order chi connectivity index (χ1) is 14.2. The molecule has 0 atom stereocenters. The number of unbranched alkanes of at least 4 members (excludes halogenated alkanes) is 3. The van der Waals surface area contributed by atoms with Gasteiger partial charge in [0.2, 0.25) is 0 Å². The lowest BCUT2D eigenvalue weighted by Gasteiger charge is -2.54. The Hall–Kier alpha value is -1.76. The number of isothiocyanates is 1. The van der Waals surface area contributed by atoms with E-state index in [2.05, 4.69) is 65.7 Å². The third-order valence-corrected chi connectivity index (χ3v) is 7.93. The minimum absolute atomic E-state index is 0.446. The number of nitrogens with zero attached hydrogens (tertiary/aromatic N) is 1.